The lowest BCUT2D eigenvalue weighted by Crippen LogP contribution is -2.24. The first kappa shape index (κ1) is 13.1. The molecule has 0 bridgehead atoms. The summed E-state index contributed by atoms with van der Waals surface area (Å²) in [7, 11) is 0. The first-order chi connectivity index (χ1) is 9.55. The first-order valence-electron chi connectivity index (χ1n) is 6.51. The van der Waals surface area contributed by atoms with Gasteiger partial charge < -0.3 is 0 Å². The predicted octanol–water partition coefficient (Wildman–Crippen LogP) is 4.16. The number of hydrogen-bond acceptors (Lipinski definition) is 2. The Morgan fingerprint density at radius 1 is 0.900 bits per heavy atom. The van der Waals surface area contributed by atoms with Gasteiger partial charge in [-0.15, -0.1) is 0 Å². The van der Waals surface area contributed by atoms with Gasteiger partial charge in [0.05, 0.1) is 0 Å². The van der Waals surface area contributed by atoms with Crippen LogP contribution in [0.3, 0.4) is 0 Å². The standard InChI is InChI=1S/C15H13F3N2/c16-15(17,18)14-6-3-5-13(20-14)11-8-7-10(11)12-4-1-2-9-19-12/h1-6,9-11H,7-8H2/t10-,11?/m0/s1. The summed E-state index contributed by atoms with van der Waals surface area (Å²) in [6.07, 6.45) is -0.875. The largest absolute Gasteiger partial charge is 0.433 e. The Kier molecular flexibility index (Phi) is 3.20. The Labute approximate surface area is 114 Å². The van der Waals surface area contributed by atoms with E-state index in [-0.39, 0.29) is 11.8 Å². The molecular weight excluding hydrogens is 265 g/mol. The van der Waals surface area contributed by atoms with Gasteiger partial charge in [0.2, 0.25) is 0 Å². The van der Waals surface area contributed by atoms with Crippen LogP contribution in [-0.2, 0) is 6.18 Å². The third-order valence-electron chi connectivity index (χ3n) is 3.78. The summed E-state index contributed by atoms with van der Waals surface area (Å²) in [5, 5.41) is 0. The lowest BCUT2D eigenvalue weighted by Gasteiger charge is -2.36. The normalized spacial score (nSPS) is 22.4. The maximum absolute atomic E-state index is 12.7. The van der Waals surface area contributed by atoms with Crippen LogP contribution in [0.25, 0.3) is 0 Å². The minimum atomic E-state index is -4.39. The molecule has 2 heterocycles. The number of hydrogen-bond donors (Lipinski definition) is 0. The highest BCUT2D eigenvalue weighted by atomic mass is 19.4. The first-order valence-corrected chi connectivity index (χ1v) is 6.51. The van der Waals surface area contributed by atoms with Crippen molar-refractivity contribution in [2.75, 3.05) is 0 Å². The molecule has 1 unspecified atom stereocenters. The van der Waals surface area contributed by atoms with Crippen LogP contribution < -0.4 is 0 Å². The van der Waals surface area contributed by atoms with Gasteiger partial charge in [-0.1, -0.05) is 12.1 Å². The Balaban J connectivity index is 1.87. The molecule has 1 saturated carbocycles. The fourth-order valence-electron chi connectivity index (χ4n) is 2.62. The summed E-state index contributed by atoms with van der Waals surface area (Å²) in [6, 6.07) is 9.77. The van der Waals surface area contributed by atoms with Crippen LogP contribution in [0, 0.1) is 0 Å². The average Bonchev–Trinajstić information content (AvgIpc) is 2.38. The Bertz CT molecular complexity index is 596. The summed E-state index contributed by atoms with van der Waals surface area (Å²) in [5.41, 5.74) is 0.631. The molecule has 0 spiro atoms. The molecule has 0 aliphatic heterocycles. The van der Waals surface area contributed by atoms with Crippen LogP contribution in [-0.4, -0.2) is 9.97 Å². The number of alkyl halides is 3. The van der Waals surface area contributed by atoms with Crippen LogP contribution in [0.4, 0.5) is 13.2 Å². The van der Waals surface area contributed by atoms with E-state index in [2.05, 4.69) is 9.97 Å². The molecule has 0 aromatic carbocycles. The van der Waals surface area contributed by atoms with Gasteiger partial charge in [0, 0.05) is 29.4 Å². The predicted molar refractivity (Wildman–Crippen MR) is 68.2 cm³/mol. The van der Waals surface area contributed by atoms with Crippen molar-refractivity contribution < 1.29 is 13.2 Å². The van der Waals surface area contributed by atoms with Crippen LogP contribution in [0.1, 0.15) is 41.8 Å². The van der Waals surface area contributed by atoms with E-state index in [0.29, 0.717) is 5.69 Å². The van der Waals surface area contributed by atoms with E-state index in [9.17, 15) is 13.2 Å². The third-order valence-corrected chi connectivity index (χ3v) is 3.78. The van der Waals surface area contributed by atoms with E-state index in [4.69, 9.17) is 0 Å². The summed E-state index contributed by atoms with van der Waals surface area (Å²) in [6.45, 7) is 0. The molecule has 0 N–H and O–H groups in total. The van der Waals surface area contributed by atoms with Crippen molar-refractivity contribution in [3.63, 3.8) is 0 Å². The molecule has 2 aromatic heterocycles. The number of halogens is 3. The lowest BCUT2D eigenvalue weighted by molar-refractivity contribution is -0.141. The zero-order valence-corrected chi connectivity index (χ0v) is 10.6. The van der Waals surface area contributed by atoms with Gasteiger partial charge in [0.15, 0.2) is 0 Å². The van der Waals surface area contributed by atoms with Crippen molar-refractivity contribution in [1.82, 2.24) is 9.97 Å². The number of aromatic nitrogens is 2. The van der Waals surface area contributed by atoms with Gasteiger partial charge in [-0.25, -0.2) is 4.98 Å². The van der Waals surface area contributed by atoms with E-state index in [1.807, 2.05) is 18.2 Å². The third kappa shape index (κ3) is 2.40. The molecule has 2 nitrogen and oxygen atoms in total. The van der Waals surface area contributed by atoms with Crippen LogP contribution >= 0.6 is 0 Å². The second-order valence-corrected chi connectivity index (χ2v) is 4.99. The Morgan fingerprint density at radius 3 is 2.20 bits per heavy atom. The van der Waals surface area contributed by atoms with Crippen LogP contribution in [0.15, 0.2) is 42.6 Å². The Morgan fingerprint density at radius 2 is 1.60 bits per heavy atom. The lowest BCUT2D eigenvalue weighted by atomic mass is 9.70. The van der Waals surface area contributed by atoms with Gasteiger partial charge in [0.1, 0.15) is 5.69 Å². The second-order valence-electron chi connectivity index (χ2n) is 4.99. The van der Waals surface area contributed by atoms with Gasteiger partial charge in [0.25, 0.3) is 0 Å². The molecule has 104 valence electrons. The minimum absolute atomic E-state index is 0.0344. The van der Waals surface area contributed by atoms with Crippen molar-refractivity contribution in [3.8, 4) is 0 Å². The van der Waals surface area contributed by atoms with E-state index < -0.39 is 11.9 Å². The van der Waals surface area contributed by atoms with E-state index >= 15 is 0 Å². The van der Waals surface area contributed by atoms with E-state index in [0.717, 1.165) is 24.6 Å². The highest BCUT2D eigenvalue weighted by molar-refractivity contribution is 5.26. The zero-order valence-electron chi connectivity index (χ0n) is 10.6. The fourth-order valence-corrected chi connectivity index (χ4v) is 2.62. The smallest absolute Gasteiger partial charge is 0.261 e. The summed E-state index contributed by atoms with van der Waals surface area (Å²) < 4.78 is 38.1. The minimum Gasteiger partial charge on any atom is -0.261 e. The summed E-state index contributed by atoms with van der Waals surface area (Å²) in [4.78, 5) is 8.09. The van der Waals surface area contributed by atoms with Crippen molar-refractivity contribution >= 4 is 0 Å². The molecule has 0 saturated heterocycles. The van der Waals surface area contributed by atoms with Gasteiger partial charge >= 0.3 is 6.18 Å². The molecule has 1 fully saturated rings. The molecule has 0 amide bonds. The molecule has 2 atom stereocenters. The maximum atomic E-state index is 12.7. The molecule has 20 heavy (non-hydrogen) atoms. The topological polar surface area (TPSA) is 25.8 Å². The molecule has 1 aliphatic rings. The van der Waals surface area contributed by atoms with Crippen molar-refractivity contribution in [2.45, 2.75) is 30.9 Å². The number of pyridine rings is 2. The molecular formula is C15H13F3N2. The molecule has 1 aliphatic carbocycles. The zero-order chi connectivity index (χ0) is 14.2. The summed E-state index contributed by atoms with van der Waals surface area (Å²) >= 11 is 0. The van der Waals surface area contributed by atoms with Crippen LogP contribution in [0.5, 0.6) is 0 Å². The van der Waals surface area contributed by atoms with E-state index in [1.165, 1.54) is 6.07 Å². The van der Waals surface area contributed by atoms with Crippen LogP contribution in [0.2, 0.25) is 0 Å². The molecule has 0 radical (unpaired) electrons. The monoisotopic (exact) mass is 278 g/mol. The van der Waals surface area contributed by atoms with Gasteiger partial charge in [-0.05, 0) is 37.1 Å². The van der Waals surface area contributed by atoms with E-state index in [1.54, 1.807) is 12.3 Å². The Hall–Kier alpha value is -1.91. The van der Waals surface area contributed by atoms with Crippen molar-refractivity contribution in [2.24, 2.45) is 0 Å². The number of rotatable bonds is 2. The molecule has 3 rings (SSSR count). The molecule has 2 aromatic rings. The van der Waals surface area contributed by atoms with Crippen molar-refractivity contribution in [3.05, 3.63) is 59.7 Å². The maximum Gasteiger partial charge on any atom is 0.433 e. The molecule has 5 heteroatoms. The summed E-state index contributed by atoms with van der Waals surface area (Å²) in [5.74, 6) is 0.208. The SMILES string of the molecule is FC(F)(F)c1cccc(C2CC[C@@H]2c2ccccn2)n1. The van der Waals surface area contributed by atoms with Crippen molar-refractivity contribution in [1.29, 1.82) is 0 Å². The highest BCUT2D eigenvalue weighted by Gasteiger charge is 2.37. The van der Waals surface area contributed by atoms with Gasteiger partial charge in [-0.2, -0.15) is 13.2 Å². The number of nitrogens with zero attached hydrogens (tertiary/aromatic N) is 2. The quantitative estimate of drug-likeness (QED) is 0.824. The highest BCUT2D eigenvalue weighted by Crippen LogP contribution is 2.48. The average molecular weight is 278 g/mol. The fraction of sp³-hybridized carbons (Fsp3) is 0.333. The van der Waals surface area contributed by atoms with Gasteiger partial charge in [-0.3, -0.25) is 4.98 Å². The second kappa shape index (κ2) is 4.89.